The number of urea groups is 1. The minimum Gasteiger partial charge on any atom is -0.382 e. The molecule has 11 heteroatoms. The number of carbonyl (C=O) groups is 5. The zero-order valence-corrected chi connectivity index (χ0v) is 30.1. The third-order valence-corrected chi connectivity index (χ3v) is 10.8. The Kier molecular flexibility index (Phi) is 13.1. The monoisotopic (exact) mass is 659 g/mol. The molecule has 1 aliphatic heterocycles. The third kappa shape index (κ3) is 9.15. The predicted molar refractivity (Wildman–Crippen MR) is 182 cm³/mol. The van der Waals surface area contributed by atoms with E-state index in [9.17, 15) is 24.0 Å². The summed E-state index contributed by atoms with van der Waals surface area (Å²) in [6.45, 7) is 18.8. The number of likely N-dealkylation sites (tertiary alicyclic amines) is 1. The molecule has 0 spiro atoms. The fourth-order valence-corrected chi connectivity index (χ4v) is 8.31. The van der Waals surface area contributed by atoms with Gasteiger partial charge >= 0.3 is 6.03 Å². The van der Waals surface area contributed by atoms with Gasteiger partial charge in [-0.05, 0) is 61.2 Å². The van der Waals surface area contributed by atoms with Gasteiger partial charge in [-0.25, -0.2) is 4.79 Å². The van der Waals surface area contributed by atoms with Crippen molar-refractivity contribution in [3.05, 3.63) is 12.7 Å². The van der Waals surface area contributed by atoms with Crippen molar-refractivity contribution in [2.45, 2.75) is 130 Å². The van der Waals surface area contributed by atoms with Crippen molar-refractivity contribution < 1.29 is 28.7 Å². The summed E-state index contributed by atoms with van der Waals surface area (Å²) in [6, 6.07) is -3.08. The van der Waals surface area contributed by atoms with Crippen LogP contribution in [0.4, 0.5) is 4.79 Å². The number of fused-ring (bicyclic) bond motifs is 1. The Hall–Kier alpha value is -2.95. The first kappa shape index (κ1) is 38.5. The lowest BCUT2D eigenvalue weighted by atomic mass is 9.70. The van der Waals surface area contributed by atoms with Crippen molar-refractivity contribution in [1.82, 2.24) is 26.2 Å². The molecule has 3 rings (SSSR count). The van der Waals surface area contributed by atoms with Gasteiger partial charge in [-0.3, -0.25) is 19.2 Å². The molecule has 1 heterocycles. The molecule has 3 fully saturated rings. The van der Waals surface area contributed by atoms with E-state index in [1.54, 1.807) is 12.0 Å². The highest BCUT2D eigenvalue weighted by atomic mass is 16.5. The van der Waals surface area contributed by atoms with Crippen molar-refractivity contribution in [3.8, 4) is 0 Å². The van der Waals surface area contributed by atoms with Crippen LogP contribution in [-0.2, 0) is 23.9 Å². The van der Waals surface area contributed by atoms with E-state index >= 15 is 0 Å². The summed E-state index contributed by atoms with van der Waals surface area (Å²) >= 11 is 0. The zero-order chi connectivity index (χ0) is 35.2. The standard InChI is InChI=1S/C36H61N5O6/c1-10-12-16-25(28(42)31(44)37-19-11-2)38-30(43)27-26-24(34(26,5)6)21-41(27)32(45)29(35(7)17-14-13-15-18-35)39-33(46)40-36(8,22-47-9)20-23(3)4/h11,23-27,29H,2,10,12-22H2,1,3-9H3,(H,37,44)(H,38,43)(H2,39,40,46)/t24-,25?,26-,27-,29+,36+/m0/s1. The van der Waals surface area contributed by atoms with Crippen LogP contribution in [0.3, 0.4) is 0 Å². The molecule has 6 atom stereocenters. The van der Waals surface area contributed by atoms with Crippen LogP contribution in [0.15, 0.2) is 12.7 Å². The van der Waals surface area contributed by atoms with Crippen LogP contribution in [0, 0.1) is 28.6 Å². The Morgan fingerprint density at radius 3 is 2.30 bits per heavy atom. The van der Waals surface area contributed by atoms with Crippen LogP contribution in [0.1, 0.15) is 106 Å². The molecule has 2 aliphatic carbocycles. The lowest BCUT2D eigenvalue weighted by molar-refractivity contribution is -0.146. The molecular formula is C36H61N5O6. The second-order valence-corrected chi connectivity index (χ2v) is 15.8. The molecule has 4 N–H and O–H groups in total. The van der Waals surface area contributed by atoms with E-state index in [0.717, 1.165) is 38.5 Å². The molecule has 0 aromatic carbocycles. The highest BCUT2D eigenvalue weighted by molar-refractivity contribution is 6.38. The topological polar surface area (TPSA) is 146 Å². The average Bonchev–Trinajstić information content (AvgIpc) is 3.31. The molecule has 0 aromatic heterocycles. The summed E-state index contributed by atoms with van der Waals surface area (Å²) in [5.41, 5.74) is -1.28. The van der Waals surface area contributed by atoms with Crippen molar-refractivity contribution in [1.29, 1.82) is 0 Å². The quantitative estimate of drug-likeness (QED) is 0.137. The smallest absolute Gasteiger partial charge is 0.315 e. The maximum atomic E-state index is 14.7. The molecule has 2 saturated carbocycles. The number of rotatable bonds is 17. The van der Waals surface area contributed by atoms with Gasteiger partial charge in [-0.1, -0.05) is 79.7 Å². The van der Waals surface area contributed by atoms with Crippen LogP contribution >= 0.6 is 0 Å². The number of nitrogens with zero attached hydrogens (tertiary/aromatic N) is 1. The highest BCUT2D eigenvalue weighted by Gasteiger charge is 2.70. The molecule has 47 heavy (non-hydrogen) atoms. The maximum absolute atomic E-state index is 14.7. The van der Waals surface area contributed by atoms with Gasteiger partial charge in [0.25, 0.3) is 5.91 Å². The second kappa shape index (κ2) is 16.0. The molecule has 5 amide bonds. The van der Waals surface area contributed by atoms with E-state index < -0.39 is 52.7 Å². The molecule has 11 nitrogen and oxygen atoms in total. The first-order valence-corrected chi connectivity index (χ1v) is 17.7. The number of amides is 5. The Balaban J connectivity index is 1.90. The van der Waals surface area contributed by atoms with E-state index in [1.807, 2.05) is 13.8 Å². The van der Waals surface area contributed by atoms with Crippen molar-refractivity contribution in [2.75, 3.05) is 26.8 Å². The molecule has 0 aromatic rings. The number of carbonyl (C=O) groups excluding carboxylic acids is 5. The van der Waals surface area contributed by atoms with Crippen LogP contribution in [0.5, 0.6) is 0 Å². The molecule has 266 valence electrons. The number of hydrogen-bond donors (Lipinski definition) is 4. The maximum Gasteiger partial charge on any atom is 0.315 e. The van der Waals surface area contributed by atoms with Crippen LogP contribution < -0.4 is 21.3 Å². The zero-order valence-electron chi connectivity index (χ0n) is 30.1. The van der Waals surface area contributed by atoms with Gasteiger partial charge in [-0.2, -0.15) is 0 Å². The van der Waals surface area contributed by atoms with Gasteiger partial charge in [0.2, 0.25) is 17.6 Å². The van der Waals surface area contributed by atoms with Gasteiger partial charge in [-0.15, -0.1) is 6.58 Å². The van der Waals surface area contributed by atoms with Gasteiger partial charge in [0.15, 0.2) is 0 Å². The fraction of sp³-hybridized carbons (Fsp3) is 0.806. The summed E-state index contributed by atoms with van der Waals surface area (Å²) in [7, 11) is 1.60. The number of nitrogens with one attached hydrogen (secondary N) is 4. The third-order valence-electron chi connectivity index (χ3n) is 10.8. The Labute approximate surface area is 282 Å². The van der Waals surface area contributed by atoms with E-state index in [4.69, 9.17) is 4.74 Å². The Bertz CT molecular complexity index is 1160. The van der Waals surface area contributed by atoms with Gasteiger partial charge in [0, 0.05) is 20.2 Å². The predicted octanol–water partition coefficient (Wildman–Crippen LogP) is 4.11. The minimum atomic E-state index is -1.000. The fourth-order valence-electron chi connectivity index (χ4n) is 8.31. The van der Waals surface area contributed by atoms with E-state index in [-0.39, 0.29) is 29.7 Å². The average molecular weight is 660 g/mol. The van der Waals surface area contributed by atoms with Crippen molar-refractivity contribution in [3.63, 3.8) is 0 Å². The number of hydrogen-bond acceptors (Lipinski definition) is 6. The first-order valence-electron chi connectivity index (χ1n) is 17.7. The lowest BCUT2D eigenvalue weighted by Gasteiger charge is -2.43. The van der Waals surface area contributed by atoms with E-state index in [2.05, 4.69) is 62.5 Å². The molecule has 1 saturated heterocycles. The van der Waals surface area contributed by atoms with Crippen LogP contribution in [-0.4, -0.2) is 84.9 Å². The number of Topliss-reactive ketones (excluding diaryl/α,β-unsaturated/α-hetero) is 1. The second-order valence-electron chi connectivity index (χ2n) is 15.8. The van der Waals surface area contributed by atoms with E-state index in [0.29, 0.717) is 38.3 Å². The number of ketones is 1. The van der Waals surface area contributed by atoms with Crippen molar-refractivity contribution >= 4 is 29.5 Å². The first-order chi connectivity index (χ1) is 22.0. The van der Waals surface area contributed by atoms with Crippen LogP contribution in [0.2, 0.25) is 0 Å². The largest absolute Gasteiger partial charge is 0.382 e. The molecule has 0 bridgehead atoms. The van der Waals surface area contributed by atoms with Gasteiger partial charge in [0.05, 0.1) is 18.2 Å². The Morgan fingerprint density at radius 2 is 1.72 bits per heavy atom. The number of methoxy groups -OCH3 is 1. The molecule has 3 aliphatic rings. The van der Waals surface area contributed by atoms with Gasteiger partial charge in [0.1, 0.15) is 12.1 Å². The summed E-state index contributed by atoms with van der Waals surface area (Å²) in [4.78, 5) is 69.9. The number of piperidine rings is 1. The summed E-state index contributed by atoms with van der Waals surface area (Å²) in [5.74, 6) is -1.84. The normalized spacial score (nSPS) is 25.0. The molecule has 1 unspecified atom stereocenters. The van der Waals surface area contributed by atoms with E-state index in [1.165, 1.54) is 6.08 Å². The SMILES string of the molecule is C=CCNC(=O)C(=O)C(CCCC)NC(=O)[C@@H]1[C@@H]2[C@H](CN1C(=O)[C@@H](NC(=O)N[C@@](C)(COC)CC(C)C)C1(C)CCCCC1)C2(C)C. The Morgan fingerprint density at radius 1 is 1.06 bits per heavy atom. The molecular weight excluding hydrogens is 598 g/mol. The molecule has 0 radical (unpaired) electrons. The summed E-state index contributed by atoms with van der Waals surface area (Å²) in [5, 5.41) is 11.6. The summed E-state index contributed by atoms with van der Waals surface area (Å²) < 4.78 is 5.45. The minimum absolute atomic E-state index is 0.0901. The van der Waals surface area contributed by atoms with Crippen LogP contribution in [0.25, 0.3) is 0 Å². The number of ether oxygens (including phenoxy) is 1. The van der Waals surface area contributed by atoms with Gasteiger partial charge < -0.3 is 30.9 Å². The summed E-state index contributed by atoms with van der Waals surface area (Å²) in [6.07, 6.45) is 8.48. The lowest BCUT2D eigenvalue weighted by Crippen LogP contribution is -2.64. The number of unbranched alkanes of at least 4 members (excludes halogenated alkanes) is 1. The van der Waals surface area contributed by atoms with Crippen molar-refractivity contribution in [2.24, 2.45) is 28.6 Å². The highest BCUT2D eigenvalue weighted by Crippen LogP contribution is 2.65.